The topological polar surface area (TPSA) is 17.3 Å². The lowest BCUT2D eigenvalue weighted by Crippen LogP contribution is -1.79. The van der Waals surface area contributed by atoms with Crippen molar-refractivity contribution >= 4 is 16.4 Å². The second kappa shape index (κ2) is 0.586. The van der Waals surface area contributed by atoms with Crippen molar-refractivity contribution in [3.63, 3.8) is 0 Å². The molecule has 0 saturated carbocycles. The van der Waals surface area contributed by atoms with Crippen LogP contribution in [-0.2, 0) is 0 Å². The van der Waals surface area contributed by atoms with Crippen LogP contribution < -0.4 is 0 Å². The lowest BCUT2D eigenvalue weighted by atomic mass is 10.8. The van der Waals surface area contributed by atoms with Crippen molar-refractivity contribution in [3.8, 4) is 0 Å². The molecule has 3 aromatic rings. The number of hydrogen-bond acceptors (Lipinski definition) is 2. The molecule has 0 atom stereocenters. The molecule has 0 aliphatic carbocycles. The van der Waals surface area contributed by atoms with E-state index in [0.29, 0.717) is 0 Å². The minimum atomic E-state index is 1.13. The van der Waals surface area contributed by atoms with Gasteiger partial charge in [0.15, 0.2) is 4.83 Å². The molecule has 0 amide bonds. The zero-order chi connectivity index (χ0) is 3.98. The van der Waals surface area contributed by atoms with Crippen LogP contribution in [-0.4, -0.2) is 9.00 Å². The smallest absolute Gasteiger partial charge is 0.157 e. The van der Waals surface area contributed by atoms with Gasteiger partial charge in [-0.25, -0.2) is 0 Å². The van der Waals surface area contributed by atoms with Crippen molar-refractivity contribution in [2.45, 2.75) is 0 Å². The third-order valence-electron chi connectivity index (χ3n) is 0.729. The molecule has 2 bridgehead atoms. The summed E-state index contributed by atoms with van der Waals surface area (Å²) in [6.45, 7) is 0. The summed E-state index contributed by atoms with van der Waals surface area (Å²) < 4.78 is 1.83. The Morgan fingerprint density at radius 1 is 1.83 bits per heavy atom. The highest BCUT2D eigenvalue weighted by atomic mass is 32.1. The maximum Gasteiger partial charge on any atom is 0.157 e. The van der Waals surface area contributed by atoms with Crippen molar-refractivity contribution in [2.75, 3.05) is 0 Å². The Kier molecular flexibility index (Phi) is 0.252. The molecule has 0 spiro atoms. The van der Waals surface area contributed by atoms with Crippen LogP contribution in [0.5, 0.6) is 0 Å². The van der Waals surface area contributed by atoms with Crippen LogP contribution in [0, 0.1) is 0 Å². The first-order valence-electron chi connectivity index (χ1n) is 1.69. The Labute approximate surface area is 38.5 Å². The highest BCUT2D eigenvalue weighted by molar-refractivity contribution is 7.13. The molecule has 0 radical (unpaired) electrons. The number of nitrogens with zero attached hydrogens (tertiary/aromatic N) is 2. The van der Waals surface area contributed by atoms with Crippen molar-refractivity contribution in [3.05, 3.63) is 12.3 Å². The van der Waals surface area contributed by atoms with E-state index in [0.717, 1.165) is 4.83 Å². The van der Waals surface area contributed by atoms with Gasteiger partial charge in [-0.15, -0.1) is 5.10 Å². The summed E-state index contributed by atoms with van der Waals surface area (Å²) in [5.74, 6) is 0. The summed E-state index contributed by atoms with van der Waals surface area (Å²) in [6.07, 6.45) is 1.94. The molecule has 0 N–H and O–H groups in total. The Morgan fingerprint density at radius 2 is 2.67 bits per heavy atom. The average molecular weight is 98.1 g/mol. The number of hydrogen-bond donors (Lipinski definition) is 0. The molecule has 0 unspecified atom stereocenters. The summed E-state index contributed by atoms with van der Waals surface area (Å²) in [7, 11) is 0. The van der Waals surface area contributed by atoms with Gasteiger partial charge in [-0.2, -0.15) is 3.90 Å². The largest absolute Gasteiger partial charge is 0.190 e. The lowest BCUT2D eigenvalue weighted by Gasteiger charge is -1.82. The van der Waals surface area contributed by atoms with Gasteiger partial charge in [0.2, 0.25) is 0 Å². The zero-order valence-corrected chi connectivity index (χ0v) is 3.77. The van der Waals surface area contributed by atoms with Crippen LogP contribution in [0.15, 0.2) is 12.3 Å². The molecule has 0 aliphatic heterocycles. The second-order valence-corrected chi connectivity index (χ2v) is 2.12. The van der Waals surface area contributed by atoms with E-state index >= 15 is 0 Å². The molecule has 2 nitrogen and oxygen atoms in total. The number of rotatable bonds is 0. The fourth-order valence-electron chi connectivity index (χ4n) is 0.454. The normalized spacial score (nSPS) is 11.3. The Hall–Kier alpha value is -0.570. The first-order valence-corrected chi connectivity index (χ1v) is 2.46. The van der Waals surface area contributed by atoms with Crippen molar-refractivity contribution < 1.29 is 0 Å². The van der Waals surface area contributed by atoms with E-state index in [-0.39, 0.29) is 0 Å². The molecule has 0 aliphatic rings. The molecular formula is C3H2N2S. The van der Waals surface area contributed by atoms with Gasteiger partial charge in [-0.1, -0.05) is 0 Å². The van der Waals surface area contributed by atoms with Gasteiger partial charge >= 0.3 is 0 Å². The summed E-state index contributed by atoms with van der Waals surface area (Å²) in [6, 6.07) is 1.99. The molecule has 3 aromatic heterocycles. The Morgan fingerprint density at radius 3 is 2.83 bits per heavy atom. The van der Waals surface area contributed by atoms with Crippen molar-refractivity contribution in [1.29, 1.82) is 0 Å². The zero-order valence-electron chi connectivity index (χ0n) is 2.96. The van der Waals surface area contributed by atoms with Gasteiger partial charge in [0.25, 0.3) is 0 Å². The van der Waals surface area contributed by atoms with Gasteiger partial charge in [0.1, 0.15) is 0 Å². The molecule has 0 aromatic carbocycles. The van der Waals surface area contributed by atoms with E-state index in [1.54, 1.807) is 11.5 Å². The predicted octanol–water partition coefficient (Wildman–Crippen LogP) is 0.834. The van der Waals surface area contributed by atoms with Crippen LogP contribution in [0.3, 0.4) is 0 Å². The van der Waals surface area contributed by atoms with Crippen LogP contribution in [0.1, 0.15) is 0 Å². The fourth-order valence-corrected chi connectivity index (χ4v) is 1.03. The summed E-state index contributed by atoms with van der Waals surface area (Å²) in [5.41, 5.74) is 0. The summed E-state index contributed by atoms with van der Waals surface area (Å²) in [5, 5.41) is 3.94. The summed E-state index contributed by atoms with van der Waals surface area (Å²) in [4.78, 5) is 1.13. The molecule has 3 heterocycles. The third kappa shape index (κ3) is 0.131. The number of fused-ring (bicyclic) bond motifs is 1. The maximum atomic E-state index is 3.94. The lowest BCUT2D eigenvalue weighted by molar-refractivity contribution is 1.04. The summed E-state index contributed by atoms with van der Waals surface area (Å²) >= 11 is 1.67. The predicted molar refractivity (Wildman–Crippen MR) is 24.3 cm³/mol. The standard InChI is InChI=1S/C3H2N2S/c1-2-5-4-3(1)6-5/h1-2H. The van der Waals surface area contributed by atoms with E-state index < -0.39 is 0 Å². The molecule has 0 saturated heterocycles. The van der Waals surface area contributed by atoms with E-state index in [9.17, 15) is 0 Å². The Bertz CT molecular complexity index is 170. The van der Waals surface area contributed by atoms with Gasteiger partial charge in [0.05, 0.1) is 0 Å². The van der Waals surface area contributed by atoms with E-state index in [1.165, 1.54) is 0 Å². The molecule has 6 heavy (non-hydrogen) atoms. The van der Waals surface area contributed by atoms with E-state index in [2.05, 4.69) is 5.10 Å². The van der Waals surface area contributed by atoms with Crippen LogP contribution in [0.25, 0.3) is 4.83 Å². The van der Waals surface area contributed by atoms with Gasteiger partial charge in [-0.05, 0) is 17.6 Å². The van der Waals surface area contributed by atoms with Crippen LogP contribution >= 0.6 is 11.5 Å². The second-order valence-electron chi connectivity index (χ2n) is 1.15. The van der Waals surface area contributed by atoms with Crippen molar-refractivity contribution in [1.82, 2.24) is 9.00 Å². The van der Waals surface area contributed by atoms with Gasteiger partial charge in [0, 0.05) is 6.20 Å². The monoisotopic (exact) mass is 98.0 g/mol. The van der Waals surface area contributed by atoms with Gasteiger partial charge in [-0.3, -0.25) is 0 Å². The fraction of sp³-hybridized carbons (Fsp3) is 0. The Balaban J connectivity index is 3.24. The van der Waals surface area contributed by atoms with E-state index in [1.807, 2.05) is 16.2 Å². The van der Waals surface area contributed by atoms with Crippen molar-refractivity contribution in [2.24, 2.45) is 0 Å². The molecule has 0 fully saturated rings. The number of aromatic nitrogens is 2. The first-order chi connectivity index (χ1) is 2.95. The minimum Gasteiger partial charge on any atom is -0.190 e. The van der Waals surface area contributed by atoms with E-state index in [4.69, 9.17) is 0 Å². The minimum absolute atomic E-state index is 1.13. The highest BCUT2D eigenvalue weighted by Crippen LogP contribution is 2.10. The van der Waals surface area contributed by atoms with Crippen LogP contribution in [0.4, 0.5) is 0 Å². The molecule has 30 valence electrons. The molecular weight excluding hydrogens is 96.1 g/mol. The van der Waals surface area contributed by atoms with Crippen LogP contribution in [0.2, 0.25) is 0 Å². The van der Waals surface area contributed by atoms with Gasteiger partial charge < -0.3 is 0 Å². The molecule has 3 rings (SSSR count). The SMILES string of the molecule is c1cn2nc1s2. The highest BCUT2D eigenvalue weighted by Gasteiger charge is 1.94. The third-order valence-corrected chi connectivity index (χ3v) is 1.52. The molecule has 3 heteroatoms. The average Bonchev–Trinajstić information content (AvgIpc) is 1.72. The maximum absolute atomic E-state index is 3.94. The quantitative estimate of drug-likeness (QED) is 0.477. The first kappa shape index (κ1) is 2.58.